The van der Waals surface area contributed by atoms with Gasteiger partial charge in [-0.1, -0.05) is 17.7 Å². The number of halogens is 3. The van der Waals surface area contributed by atoms with Crippen LogP contribution in [-0.2, 0) is 10.2 Å². The molecule has 0 saturated heterocycles. The van der Waals surface area contributed by atoms with Crippen molar-refractivity contribution in [2.75, 3.05) is 0 Å². The van der Waals surface area contributed by atoms with Crippen LogP contribution in [0.1, 0.15) is 0 Å². The van der Waals surface area contributed by atoms with Gasteiger partial charge in [0.2, 0.25) is 0 Å². The minimum Gasteiger partial charge on any atom is -0.189 e. The lowest BCUT2D eigenvalue weighted by Gasteiger charge is -1.99. The van der Waals surface area contributed by atoms with E-state index in [1.807, 2.05) is 0 Å². The van der Waals surface area contributed by atoms with Crippen molar-refractivity contribution in [1.29, 1.82) is 0 Å². The molecule has 0 aliphatic heterocycles. The Balaban J connectivity index is 3.47. The summed E-state index contributed by atoms with van der Waals surface area (Å²) in [5.74, 6) is 0. The second-order valence-electron chi connectivity index (χ2n) is 1.99. The smallest absolute Gasteiger partial charge is 0.189 e. The van der Waals surface area contributed by atoms with E-state index in [0.717, 1.165) is 6.07 Å². The summed E-state index contributed by atoms with van der Waals surface area (Å²) in [7, 11) is -4.72. The number of rotatable bonds is 1. The van der Waals surface area contributed by atoms with Crippen LogP contribution in [0.4, 0.5) is 3.89 Å². The average Bonchev–Trinajstić information content (AvgIpc) is 1.92. The van der Waals surface area contributed by atoms with Crippen LogP contribution < -0.4 is 0 Å². The SMILES string of the molecule is O=S(=O)(F)c1cccc(Br)c1Cl. The molecule has 2 nitrogen and oxygen atoms in total. The molecule has 0 aliphatic rings. The van der Waals surface area contributed by atoms with Gasteiger partial charge in [-0.05, 0) is 28.1 Å². The summed E-state index contributed by atoms with van der Waals surface area (Å²) in [6, 6.07) is 4.02. The molecule has 0 unspecified atom stereocenters. The van der Waals surface area contributed by atoms with Crippen LogP contribution in [0.2, 0.25) is 5.02 Å². The molecule has 0 spiro atoms. The molecule has 0 amide bonds. The number of hydrogen-bond acceptors (Lipinski definition) is 2. The summed E-state index contributed by atoms with van der Waals surface area (Å²) >= 11 is 8.49. The zero-order valence-electron chi connectivity index (χ0n) is 5.59. The Morgan fingerprint density at radius 2 is 2.00 bits per heavy atom. The zero-order valence-corrected chi connectivity index (χ0v) is 8.75. The first kappa shape index (κ1) is 9.95. The lowest BCUT2D eigenvalue weighted by molar-refractivity contribution is 0.552. The van der Waals surface area contributed by atoms with E-state index in [2.05, 4.69) is 15.9 Å². The molecule has 12 heavy (non-hydrogen) atoms. The average molecular weight is 274 g/mol. The number of hydrogen-bond donors (Lipinski definition) is 0. The van der Waals surface area contributed by atoms with Crippen LogP contribution in [-0.4, -0.2) is 8.42 Å². The molecule has 0 N–H and O–H groups in total. The first-order valence-electron chi connectivity index (χ1n) is 2.81. The van der Waals surface area contributed by atoms with Gasteiger partial charge in [-0.15, -0.1) is 3.89 Å². The number of benzene rings is 1. The molecule has 6 heteroatoms. The minimum absolute atomic E-state index is 0.139. The molecule has 1 aromatic rings. The second-order valence-corrected chi connectivity index (χ2v) is 4.54. The Labute approximate surface area is 82.7 Å². The van der Waals surface area contributed by atoms with E-state index in [1.54, 1.807) is 0 Å². The fourth-order valence-electron chi connectivity index (χ4n) is 0.672. The van der Waals surface area contributed by atoms with Crippen LogP contribution in [0.25, 0.3) is 0 Å². The van der Waals surface area contributed by atoms with Gasteiger partial charge in [0.25, 0.3) is 0 Å². The van der Waals surface area contributed by atoms with Crippen molar-refractivity contribution in [1.82, 2.24) is 0 Å². The monoisotopic (exact) mass is 272 g/mol. The van der Waals surface area contributed by atoms with Gasteiger partial charge in [-0.2, -0.15) is 8.42 Å². The maximum absolute atomic E-state index is 12.4. The highest BCUT2D eigenvalue weighted by atomic mass is 79.9. The fourth-order valence-corrected chi connectivity index (χ4v) is 2.14. The van der Waals surface area contributed by atoms with E-state index < -0.39 is 15.1 Å². The van der Waals surface area contributed by atoms with E-state index in [1.165, 1.54) is 12.1 Å². The maximum atomic E-state index is 12.4. The van der Waals surface area contributed by atoms with Crippen molar-refractivity contribution >= 4 is 37.8 Å². The van der Waals surface area contributed by atoms with Gasteiger partial charge in [0, 0.05) is 4.47 Å². The highest BCUT2D eigenvalue weighted by Gasteiger charge is 2.17. The van der Waals surface area contributed by atoms with Gasteiger partial charge in [0.05, 0.1) is 5.02 Å². The van der Waals surface area contributed by atoms with Gasteiger partial charge in [-0.3, -0.25) is 0 Å². The lowest BCUT2D eigenvalue weighted by atomic mass is 10.4. The molecule has 1 aromatic carbocycles. The van der Waals surface area contributed by atoms with Crippen molar-refractivity contribution in [3.8, 4) is 0 Å². The Bertz CT molecular complexity index is 404. The molecular formula is C6H3BrClFO2S. The van der Waals surface area contributed by atoms with Crippen LogP contribution in [0.15, 0.2) is 27.6 Å². The third-order valence-corrected chi connectivity index (χ3v) is 3.45. The first-order chi connectivity index (χ1) is 5.43. The largest absolute Gasteiger partial charge is 0.333 e. The van der Waals surface area contributed by atoms with Crippen molar-refractivity contribution in [3.05, 3.63) is 27.7 Å². The first-order valence-corrected chi connectivity index (χ1v) is 5.37. The molecule has 0 aromatic heterocycles. The van der Waals surface area contributed by atoms with E-state index in [-0.39, 0.29) is 5.02 Å². The quantitative estimate of drug-likeness (QED) is 0.737. The van der Waals surface area contributed by atoms with Crippen molar-refractivity contribution < 1.29 is 12.3 Å². The summed E-state index contributed by atoms with van der Waals surface area (Å²) in [5.41, 5.74) is 0. The molecule has 0 saturated carbocycles. The molecule has 0 fully saturated rings. The topological polar surface area (TPSA) is 34.1 Å². The Morgan fingerprint density at radius 1 is 1.42 bits per heavy atom. The summed E-state index contributed by atoms with van der Waals surface area (Å²) in [5, 5.41) is -0.139. The van der Waals surface area contributed by atoms with Crippen LogP contribution in [0, 0.1) is 0 Å². The summed E-state index contributed by atoms with van der Waals surface area (Å²) < 4.78 is 33.6. The third-order valence-electron chi connectivity index (χ3n) is 1.18. The maximum Gasteiger partial charge on any atom is 0.333 e. The third kappa shape index (κ3) is 1.97. The van der Waals surface area contributed by atoms with E-state index in [0.29, 0.717) is 4.47 Å². The molecule has 0 atom stereocenters. The van der Waals surface area contributed by atoms with Gasteiger partial charge in [0.15, 0.2) is 0 Å². The predicted octanol–water partition coefficient (Wildman–Crippen LogP) is 2.76. The van der Waals surface area contributed by atoms with Gasteiger partial charge in [0.1, 0.15) is 4.90 Å². The van der Waals surface area contributed by atoms with Crippen LogP contribution in [0.5, 0.6) is 0 Å². The Hall–Kier alpha value is -0.130. The highest BCUT2D eigenvalue weighted by Crippen LogP contribution is 2.29. The van der Waals surface area contributed by atoms with Gasteiger partial charge >= 0.3 is 10.2 Å². The lowest BCUT2D eigenvalue weighted by Crippen LogP contribution is -1.92. The van der Waals surface area contributed by atoms with Gasteiger partial charge in [-0.25, -0.2) is 0 Å². The van der Waals surface area contributed by atoms with Crippen molar-refractivity contribution in [2.24, 2.45) is 0 Å². The van der Waals surface area contributed by atoms with Crippen molar-refractivity contribution in [3.63, 3.8) is 0 Å². The predicted molar refractivity (Wildman–Crippen MR) is 47.4 cm³/mol. The molecule has 0 bridgehead atoms. The van der Waals surface area contributed by atoms with E-state index in [9.17, 15) is 12.3 Å². The fraction of sp³-hybridized carbons (Fsp3) is 0. The summed E-state index contributed by atoms with van der Waals surface area (Å²) in [6.45, 7) is 0. The van der Waals surface area contributed by atoms with Crippen LogP contribution >= 0.6 is 27.5 Å². The molecule has 0 heterocycles. The highest BCUT2D eigenvalue weighted by molar-refractivity contribution is 9.10. The second kappa shape index (κ2) is 3.32. The van der Waals surface area contributed by atoms with Gasteiger partial charge < -0.3 is 0 Å². The molecule has 1 rings (SSSR count). The normalized spacial score (nSPS) is 11.6. The molecule has 66 valence electrons. The van der Waals surface area contributed by atoms with Crippen LogP contribution in [0.3, 0.4) is 0 Å². The van der Waals surface area contributed by atoms with E-state index >= 15 is 0 Å². The summed E-state index contributed by atoms with van der Waals surface area (Å²) in [6.07, 6.45) is 0. The standard InChI is InChI=1S/C6H3BrClFO2S/c7-4-2-1-3-5(6(4)8)12(9,10)11/h1-3H. The summed E-state index contributed by atoms with van der Waals surface area (Å²) in [4.78, 5) is -0.515. The zero-order chi connectivity index (χ0) is 9.35. The molecule has 0 aliphatic carbocycles. The van der Waals surface area contributed by atoms with E-state index in [4.69, 9.17) is 11.6 Å². The molecule has 0 radical (unpaired) electrons. The Morgan fingerprint density at radius 3 is 2.42 bits per heavy atom. The Kier molecular flexibility index (Phi) is 2.75. The minimum atomic E-state index is -4.72. The molecular weight excluding hydrogens is 270 g/mol. The van der Waals surface area contributed by atoms with Crippen molar-refractivity contribution in [2.45, 2.75) is 4.90 Å².